The molecule has 6 heteroatoms. The first-order valence-electron chi connectivity index (χ1n) is 6.85. The second-order valence-corrected chi connectivity index (χ2v) is 7.00. The van der Waals surface area contributed by atoms with Gasteiger partial charge in [0, 0.05) is 16.0 Å². The summed E-state index contributed by atoms with van der Waals surface area (Å²) in [5.74, 6) is 0. The summed E-state index contributed by atoms with van der Waals surface area (Å²) in [6.07, 6.45) is 1.74. The number of nitrogens with zero attached hydrogens (tertiary/aromatic N) is 2. The Bertz CT molecular complexity index is 953. The van der Waals surface area contributed by atoms with Crippen LogP contribution in [0.2, 0.25) is 15.1 Å². The summed E-state index contributed by atoms with van der Waals surface area (Å²) in [6, 6.07) is 14.8. The van der Waals surface area contributed by atoms with Gasteiger partial charge in [-0.15, -0.1) is 11.3 Å². The first-order valence-corrected chi connectivity index (χ1v) is 8.87. The Morgan fingerprint density at radius 3 is 2.46 bits per heavy atom. The van der Waals surface area contributed by atoms with E-state index in [2.05, 4.69) is 11.1 Å². The van der Waals surface area contributed by atoms with Crippen LogP contribution in [-0.4, -0.2) is 4.98 Å². The lowest BCUT2D eigenvalue weighted by Gasteiger charge is -1.99. The van der Waals surface area contributed by atoms with Crippen LogP contribution in [0.4, 0.5) is 0 Å². The highest BCUT2D eigenvalue weighted by Gasteiger charge is 2.09. The van der Waals surface area contributed by atoms with E-state index in [-0.39, 0.29) is 0 Å². The van der Waals surface area contributed by atoms with Crippen LogP contribution in [0.25, 0.3) is 22.9 Å². The van der Waals surface area contributed by atoms with Crippen molar-refractivity contribution in [3.05, 3.63) is 73.5 Å². The van der Waals surface area contributed by atoms with Gasteiger partial charge in [0.2, 0.25) is 0 Å². The summed E-state index contributed by atoms with van der Waals surface area (Å²) in [5.41, 5.74) is 3.03. The SMILES string of the molecule is N#C/C(=C/c1ccc(Cl)c(Cl)c1)c1nc(-c2ccc(Cl)cc2)cs1. The molecule has 0 amide bonds. The van der Waals surface area contributed by atoms with Crippen molar-refractivity contribution in [2.75, 3.05) is 0 Å². The fourth-order valence-electron chi connectivity index (χ4n) is 2.06. The molecule has 0 aliphatic heterocycles. The van der Waals surface area contributed by atoms with Crippen molar-refractivity contribution < 1.29 is 0 Å². The van der Waals surface area contributed by atoms with Crippen molar-refractivity contribution in [2.24, 2.45) is 0 Å². The van der Waals surface area contributed by atoms with Gasteiger partial charge >= 0.3 is 0 Å². The van der Waals surface area contributed by atoms with Gasteiger partial charge in [-0.05, 0) is 35.9 Å². The molecule has 0 saturated heterocycles. The van der Waals surface area contributed by atoms with Crippen LogP contribution in [0, 0.1) is 11.3 Å². The van der Waals surface area contributed by atoms with E-state index < -0.39 is 0 Å². The highest BCUT2D eigenvalue weighted by molar-refractivity contribution is 7.11. The van der Waals surface area contributed by atoms with Crippen LogP contribution in [-0.2, 0) is 0 Å². The molecule has 118 valence electrons. The standard InChI is InChI=1S/C18H9Cl3N2S/c19-14-4-2-12(3-5-14)17-10-24-18(23-17)13(9-22)7-11-1-6-15(20)16(21)8-11/h1-8,10H/b13-7-. The Balaban J connectivity index is 1.94. The van der Waals surface area contributed by atoms with E-state index in [1.165, 1.54) is 11.3 Å². The van der Waals surface area contributed by atoms with E-state index >= 15 is 0 Å². The summed E-state index contributed by atoms with van der Waals surface area (Å²) >= 11 is 19.2. The molecule has 0 fully saturated rings. The normalized spacial score (nSPS) is 11.3. The predicted octanol–water partition coefficient (Wildman–Crippen LogP) is 6.83. The maximum atomic E-state index is 9.45. The first kappa shape index (κ1) is 17.0. The molecule has 0 radical (unpaired) electrons. The second kappa shape index (κ2) is 7.38. The predicted molar refractivity (Wildman–Crippen MR) is 103 cm³/mol. The molecule has 2 aromatic carbocycles. The van der Waals surface area contributed by atoms with Gasteiger partial charge in [-0.3, -0.25) is 0 Å². The molecule has 1 aromatic heterocycles. The molecule has 0 spiro atoms. The Kier molecular flexibility index (Phi) is 5.23. The van der Waals surface area contributed by atoms with E-state index in [9.17, 15) is 5.26 Å². The minimum Gasteiger partial charge on any atom is -0.235 e. The molecule has 0 unspecified atom stereocenters. The third-order valence-electron chi connectivity index (χ3n) is 3.25. The van der Waals surface area contributed by atoms with Crippen molar-refractivity contribution in [3.8, 4) is 17.3 Å². The molecule has 0 saturated carbocycles. The molecule has 3 aromatic rings. The van der Waals surface area contributed by atoms with E-state index in [1.54, 1.807) is 24.3 Å². The molecule has 0 bridgehead atoms. The molecule has 0 aliphatic rings. The van der Waals surface area contributed by atoms with Crippen molar-refractivity contribution in [1.29, 1.82) is 5.26 Å². The van der Waals surface area contributed by atoms with Crippen molar-refractivity contribution >= 4 is 57.8 Å². The van der Waals surface area contributed by atoms with Crippen LogP contribution in [0.5, 0.6) is 0 Å². The monoisotopic (exact) mass is 390 g/mol. The quantitative estimate of drug-likeness (QED) is 0.458. The smallest absolute Gasteiger partial charge is 0.134 e. The van der Waals surface area contributed by atoms with Crippen LogP contribution in [0.1, 0.15) is 10.6 Å². The van der Waals surface area contributed by atoms with E-state index in [0.717, 1.165) is 16.8 Å². The van der Waals surface area contributed by atoms with E-state index in [1.807, 2.05) is 29.6 Å². The minimum atomic E-state index is 0.448. The zero-order chi connectivity index (χ0) is 17.1. The highest BCUT2D eigenvalue weighted by atomic mass is 35.5. The molecule has 1 heterocycles. The van der Waals surface area contributed by atoms with Gasteiger partial charge in [-0.2, -0.15) is 5.26 Å². The number of halogens is 3. The zero-order valence-electron chi connectivity index (χ0n) is 12.1. The number of aromatic nitrogens is 1. The summed E-state index contributed by atoms with van der Waals surface area (Å²) in [7, 11) is 0. The number of benzene rings is 2. The van der Waals surface area contributed by atoms with Crippen LogP contribution in [0.3, 0.4) is 0 Å². The summed E-state index contributed by atoms with van der Waals surface area (Å²) in [6.45, 7) is 0. The lowest BCUT2D eigenvalue weighted by molar-refractivity contribution is 1.37. The first-order chi connectivity index (χ1) is 11.6. The van der Waals surface area contributed by atoms with Crippen molar-refractivity contribution in [1.82, 2.24) is 4.98 Å². The topological polar surface area (TPSA) is 36.7 Å². The number of rotatable bonds is 3. The Hall–Kier alpha value is -1.83. The minimum absolute atomic E-state index is 0.448. The zero-order valence-corrected chi connectivity index (χ0v) is 15.2. The van der Waals surface area contributed by atoms with Gasteiger partial charge in [0.1, 0.15) is 11.1 Å². The number of allylic oxidation sites excluding steroid dienone is 1. The average molecular weight is 392 g/mol. The molecule has 0 atom stereocenters. The van der Waals surface area contributed by atoms with Gasteiger partial charge < -0.3 is 0 Å². The van der Waals surface area contributed by atoms with Gasteiger partial charge in [0.15, 0.2) is 0 Å². The average Bonchev–Trinajstić information content (AvgIpc) is 3.06. The lowest BCUT2D eigenvalue weighted by atomic mass is 10.1. The number of hydrogen-bond acceptors (Lipinski definition) is 3. The molecule has 2 nitrogen and oxygen atoms in total. The van der Waals surface area contributed by atoms with E-state index in [4.69, 9.17) is 34.8 Å². The highest BCUT2D eigenvalue weighted by Crippen LogP contribution is 2.29. The molecular weight excluding hydrogens is 383 g/mol. The Labute approximate surface area is 158 Å². The molecule has 0 N–H and O–H groups in total. The van der Waals surface area contributed by atoms with E-state index in [0.29, 0.717) is 25.6 Å². The fourth-order valence-corrected chi connectivity index (χ4v) is 3.29. The largest absolute Gasteiger partial charge is 0.235 e. The van der Waals surface area contributed by atoms with Gasteiger partial charge in [0.25, 0.3) is 0 Å². The molecule has 3 rings (SSSR count). The molecule has 24 heavy (non-hydrogen) atoms. The number of thiazole rings is 1. The summed E-state index contributed by atoms with van der Waals surface area (Å²) in [4.78, 5) is 4.54. The molecule has 0 aliphatic carbocycles. The van der Waals surface area contributed by atoms with Crippen LogP contribution < -0.4 is 0 Å². The summed E-state index contributed by atoms with van der Waals surface area (Å²) in [5, 5.41) is 13.6. The number of hydrogen-bond donors (Lipinski definition) is 0. The van der Waals surface area contributed by atoms with Gasteiger partial charge in [-0.25, -0.2) is 4.98 Å². The maximum Gasteiger partial charge on any atom is 0.134 e. The lowest BCUT2D eigenvalue weighted by Crippen LogP contribution is -1.83. The Morgan fingerprint density at radius 2 is 1.79 bits per heavy atom. The third-order valence-corrected chi connectivity index (χ3v) is 5.12. The van der Waals surface area contributed by atoms with Crippen LogP contribution in [0.15, 0.2) is 47.8 Å². The summed E-state index contributed by atoms with van der Waals surface area (Å²) < 4.78 is 0. The third kappa shape index (κ3) is 3.80. The maximum absolute atomic E-state index is 9.45. The fraction of sp³-hybridized carbons (Fsp3) is 0. The van der Waals surface area contributed by atoms with Gasteiger partial charge in [0.05, 0.1) is 21.3 Å². The van der Waals surface area contributed by atoms with Crippen molar-refractivity contribution in [3.63, 3.8) is 0 Å². The molecular formula is C18H9Cl3N2S. The van der Waals surface area contributed by atoms with Crippen LogP contribution >= 0.6 is 46.1 Å². The Morgan fingerprint density at radius 1 is 1.04 bits per heavy atom. The van der Waals surface area contributed by atoms with Crippen molar-refractivity contribution in [2.45, 2.75) is 0 Å². The van der Waals surface area contributed by atoms with Gasteiger partial charge in [-0.1, -0.05) is 53.0 Å². The second-order valence-electron chi connectivity index (χ2n) is 4.89. The number of nitriles is 1.